The Balaban J connectivity index is 1.92. The lowest BCUT2D eigenvalue weighted by Gasteiger charge is -2.16. The van der Waals surface area contributed by atoms with Gasteiger partial charge in [-0.25, -0.2) is 0 Å². The highest BCUT2D eigenvalue weighted by atomic mass is 19.4. The first kappa shape index (κ1) is 24.6. The van der Waals surface area contributed by atoms with Crippen LogP contribution in [0.15, 0.2) is 72.8 Å². The maximum atomic E-state index is 13.7. The Bertz CT molecular complexity index is 1530. The molecule has 6 nitrogen and oxygen atoms in total. The molecule has 12 heteroatoms. The zero-order chi connectivity index (χ0) is 26.4. The second-order valence-corrected chi connectivity index (χ2v) is 7.71. The Morgan fingerprint density at radius 2 is 1.11 bits per heavy atom. The lowest BCUT2D eigenvalue weighted by molar-refractivity contribution is -0.385. The number of halogens is 6. The molecule has 0 aromatic heterocycles. The van der Waals surface area contributed by atoms with E-state index in [0.29, 0.717) is 17.5 Å². The molecule has 0 aliphatic carbocycles. The van der Waals surface area contributed by atoms with Crippen molar-refractivity contribution in [2.24, 2.45) is 0 Å². The highest BCUT2D eigenvalue weighted by Gasteiger charge is 2.37. The van der Waals surface area contributed by atoms with E-state index < -0.39 is 44.7 Å². The Labute approximate surface area is 197 Å². The number of benzene rings is 4. The van der Waals surface area contributed by atoms with Crippen molar-refractivity contribution in [1.29, 1.82) is 0 Å². The molecule has 184 valence electrons. The minimum Gasteiger partial charge on any atom is -0.258 e. The van der Waals surface area contributed by atoms with Gasteiger partial charge in [-0.1, -0.05) is 30.3 Å². The number of nitro groups is 2. The molecule has 0 bridgehead atoms. The molecule has 0 atom stereocenters. The number of fused-ring (bicyclic) bond motifs is 1. The Morgan fingerprint density at radius 3 is 1.64 bits per heavy atom. The number of non-ortho nitro benzene ring substituents is 2. The standard InChI is InChI=1S/C24H12F6N2O4/c25-23(26,27)21-11-15(31(33)34)5-8-18(21)14-4-7-17-13(10-14)2-1-3-19(17)20-9-6-16(32(35)36)12-22(20)24(28,29)30/h1-12H. The fraction of sp³-hybridized carbons (Fsp3) is 0.0833. The molecule has 0 radical (unpaired) electrons. The third-order valence-corrected chi connectivity index (χ3v) is 5.52. The molecule has 0 heterocycles. The van der Waals surface area contributed by atoms with Crippen LogP contribution in [-0.4, -0.2) is 9.85 Å². The fourth-order valence-electron chi connectivity index (χ4n) is 3.93. The molecule has 0 saturated carbocycles. The molecule has 4 aromatic carbocycles. The van der Waals surface area contributed by atoms with Gasteiger partial charge in [0.15, 0.2) is 0 Å². The van der Waals surface area contributed by atoms with E-state index in [-0.39, 0.29) is 27.6 Å². The van der Waals surface area contributed by atoms with Gasteiger partial charge in [0.1, 0.15) is 0 Å². The van der Waals surface area contributed by atoms with Crippen molar-refractivity contribution in [1.82, 2.24) is 0 Å². The number of hydrogen-bond acceptors (Lipinski definition) is 4. The molecule has 0 saturated heterocycles. The van der Waals surface area contributed by atoms with Gasteiger partial charge in [0, 0.05) is 24.3 Å². The Hall–Kier alpha value is -4.48. The van der Waals surface area contributed by atoms with Crippen LogP contribution in [0.1, 0.15) is 11.1 Å². The molecular weight excluding hydrogens is 494 g/mol. The van der Waals surface area contributed by atoms with Crippen molar-refractivity contribution in [2.75, 3.05) is 0 Å². The molecule has 36 heavy (non-hydrogen) atoms. The first-order valence-electron chi connectivity index (χ1n) is 10.0. The van der Waals surface area contributed by atoms with E-state index in [2.05, 4.69) is 0 Å². The number of alkyl halides is 6. The van der Waals surface area contributed by atoms with Gasteiger partial charge in [0.2, 0.25) is 0 Å². The van der Waals surface area contributed by atoms with E-state index in [0.717, 1.165) is 24.3 Å². The molecule has 0 aliphatic heterocycles. The van der Waals surface area contributed by atoms with Crippen LogP contribution in [0.3, 0.4) is 0 Å². The molecule has 0 aliphatic rings. The summed E-state index contributed by atoms with van der Waals surface area (Å²) in [7, 11) is 0. The van der Waals surface area contributed by atoms with Crippen LogP contribution in [0.25, 0.3) is 33.0 Å². The molecule has 0 amide bonds. The van der Waals surface area contributed by atoms with Gasteiger partial charge >= 0.3 is 12.4 Å². The van der Waals surface area contributed by atoms with E-state index in [9.17, 15) is 46.6 Å². The van der Waals surface area contributed by atoms with Crippen molar-refractivity contribution >= 4 is 22.1 Å². The molecule has 0 spiro atoms. The summed E-state index contributed by atoms with van der Waals surface area (Å²) in [5.41, 5.74) is -4.52. The van der Waals surface area contributed by atoms with Crippen molar-refractivity contribution in [2.45, 2.75) is 12.4 Å². The van der Waals surface area contributed by atoms with Crippen LogP contribution in [0.2, 0.25) is 0 Å². The molecule has 4 aromatic rings. The van der Waals surface area contributed by atoms with Gasteiger partial charge in [0.05, 0.1) is 21.0 Å². The molecule has 0 unspecified atom stereocenters. The van der Waals surface area contributed by atoms with Crippen LogP contribution in [0.4, 0.5) is 37.7 Å². The smallest absolute Gasteiger partial charge is 0.258 e. The summed E-state index contributed by atoms with van der Waals surface area (Å²) in [6, 6.07) is 12.8. The van der Waals surface area contributed by atoms with Crippen LogP contribution in [0.5, 0.6) is 0 Å². The largest absolute Gasteiger partial charge is 0.417 e. The third-order valence-electron chi connectivity index (χ3n) is 5.52. The Morgan fingerprint density at radius 1 is 0.583 bits per heavy atom. The van der Waals surface area contributed by atoms with Gasteiger partial charge in [-0.15, -0.1) is 0 Å². The van der Waals surface area contributed by atoms with Crippen molar-refractivity contribution in [3.05, 3.63) is 104 Å². The van der Waals surface area contributed by atoms with Crippen LogP contribution in [-0.2, 0) is 12.4 Å². The summed E-state index contributed by atoms with van der Waals surface area (Å²) in [6.45, 7) is 0. The van der Waals surface area contributed by atoms with E-state index >= 15 is 0 Å². The van der Waals surface area contributed by atoms with Crippen LogP contribution in [0, 0.1) is 20.2 Å². The third kappa shape index (κ3) is 4.57. The predicted molar refractivity (Wildman–Crippen MR) is 118 cm³/mol. The van der Waals surface area contributed by atoms with E-state index in [4.69, 9.17) is 0 Å². The average Bonchev–Trinajstić information content (AvgIpc) is 2.81. The predicted octanol–water partition coefficient (Wildman–Crippen LogP) is 8.03. The Kier molecular flexibility index (Phi) is 5.91. The molecular formula is C24H12F6N2O4. The second-order valence-electron chi connectivity index (χ2n) is 7.71. The lowest BCUT2D eigenvalue weighted by Crippen LogP contribution is -2.08. The minimum atomic E-state index is -4.91. The quantitative estimate of drug-likeness (QED) is 0.159. The van der Waals surface area contributed by atoms with Gasteiger partial charge in [-0.05, 0) is 51.2 Å². The maximum absolute atomic E-state index is 13.7. The van der Waals surface area contributed by atoms with Gasteiger partial charge < -0.3 is 0 Å². The number of hydrogen-bond donors (Lipinski definition) is 0. The maximum Gasteiger partial charge on any atom is 0.417 e. The number of rotatable bonds is 4. The normalized spacial score (nSPS) is 12.1. The summed E-state index contributed by atoms with van der Waals surface area (Å²) >= 11 is 0. The van der Waals surface area contributed by atoms with E-state index in [1.165, 1.54) is 36.4 Å². The summed E-state index contributed by atoms with van der Waals surface area (Å²) in [4.78, 5) is 20.0. The molecule has 0 N–H and O–H groups in total. The van der Waals surface area contributed by atoms with Gasteiger partial charge in [0.25, 0.3) is 11.4 Å². The highest BCUT2D eigenvalue weighted by Crippen LogP contribution is 2.43. The summed E-state index contributed by atoms with van der Waals surface area (Å²) < 4.78 is 82.1. The monoisotopic (exact) mass is 506 g/mol. The second kappa shape index (κ2) is 8.63. The van der Waals surface area contributed by atoms with Crippen molar-refractivity contribution in [3.8, 4) is 22.3 Å². The SMILES string of the molecule is O=[N+]([O-])c1ccc(-c2ccc3c(-c4ccc([N+](=O)[O-])cc4C(F)(F)F)cccc3c2)c(C(F)(F)F)c1. The first-order valence-corrected chi connectivity index (χ1v) is 10.0. The zero-order valence-electron chi connectivity index (χ0n) is 17.7. The number of nitrogens with zero attached hydrogens (tertiary/aromatic N) is 2. The number of nitro benzene ring substituents is 2. The van der Waals surface area contributed by atoms with Crippen molar-refractivity contribution < 1.29 is 36.2 Å². The fourth-order valence-corrected chi connectivity index (χ4v) is 3.93. The summed E-state index contributed by atoms with van der Waals surface area (Å²) in [6.07, 6.45) is -9.82. The van der Waals surface area contributed by atoms with Crippen LogP contribution >= 0.6 is 0 Å². The van der Waals surface area contributed by atoms with E-state index in [1.54, 1.807) is 0 Å². The highest BCUT2D eigenvalue weighted by molar-refractivity contribution is 5.99. The summed E-state index contributed by atoms with van der Waals surface area (Å²) in [5.74, 6) is 0. The summed E-state index contributed by atoms with van der Waals surface area (Å²) in [5, 5.41) is 22.5. The zero-order valence-corrected chi connectivity index (χ0v) is 17.7. The average molecular weight is 506 g/mol. The topological polar surface area (TPSA) is 86.3 Å². The molecule has 4 rings (SSSR count). The minimum absolute atomic E-state index is 0.0432. The van der Waals surface area contributed by atoms with Crippen molar-refractivity contribution in [3.63, 3.8) is 0 Å². The first-order chi connectivity index (χ1) is 16.8. The van der Waals surface area contributed by atoms with Gasteiger partial charge in [-0.2, -0.15) is 26.3 Å². The van der Waals surface area contributed by atoms with Crippen LogP contribution < -0.4 is 0 Å². The lowest BCUT2D eigenvalue weighted by atomic mass is 9.91. The molecule has 0 fully saturated rings. The van der Waals surface area contributed by atoms with E-state index in [1.807, 2.05) is 0 Å². The van der Waals surface area contributed by atoms with Gasteiger partial charge in [-0.3, -0.25) is 20.2 Å².